The fourth-order valence-electron chi connectivity index (χ4n) is 6.30. The van der Waals surface area contributed by atoms with Crippen LogP contribution in [-0.4, -0.2) is 83.1 Å². The van der Waals surface area contributed by atoms with E-state index in [4.69, 9.17) is 14.5 Å². The van der Waals surface area contributed by atoms with Crippen LogP contribution in [0.2, 0.25) is 0 Å². The topological polar surface area (TPSA) is 101 Å². The van der Waals surface area contributed by atoms with Crippen LogP contribution in [0, 0.1) is 11.7 Å². The number of hydrogen-bond donors (Lipinski definition) is 0. The number of hydrogen-bond acceptors (Lipinski definition) is 7. The van der Waals surface area contributed by atoms with Crippen LogP contribution in [0.1, 0.15) is 30.1 Å². The highest BCUT2D eigenvalue weighted by atomic mass is 32.2. The Morgan fingerprint density at radius 1 is 1.12 bits per heavy atom. The summed E-state index contributed by atoms with van der Waals surface area (Å²) in [4.78, 5) is 5.07. The van der Waals surface area contributed by atoms with Gasteiger partial charge in [0.2, 0.25) is 0 Å². The van der Waals surface area contributed by atoms with E-state index in [0.29, 0.717) is 40.9 Å². The fraction of sp³-hybridized carbons (Fsp3) is 0.345. The molecule has 220 valence electrons. The minimum Gasteiger partial charge on any atom is -0.496 e. The largest absolute Gasteiger partial charge is 0.496 e. The molecule has 1 fully saturated rings. The summed E-state index contributed by atoms with van der Waals surface area (Å²) in [6.45, 7) is 1.12. The van der Waals surface area contributed by atoms with Gasteiger partial charge in [0.25, 0.3) is 0 Å². The SMILES string of the molecule is BC(B)(B)c1nnn(C)c1-c1cnc2c3c(OC)cc(S(C)(=O)=O)cc3n([C@H](c3ccccc3F)C3CCOCC3)c2c1. The molecule has 0 N–H and O–H groups in total. The Balaban J connectivity index is 1.77. The summed E-state index contributed by atoms with van der Waals surface area (Å²) in [5.41, 5.74) is 4.96. The molecule has 2 aromatic carbocycles. The van der Waals surface area contributed by atoms with Gasteiger partial charge in [-0.3, -0.25) is 4.98 Å². The van der Waals surface area contributed by atoms with Crippen molar-refractivity contribution in [1.29, 1.82) is 0 Å². The first-order valence-electron chi connectivity index (χ1n) is 14.3. The lowest BCUT2D eigenvalue weighted by atomic mass is 9.41. The highest BCUT2D eigenvalue weighted by Gasteiger charge is 2.34. The molecule has 3 aromatic heterocycles. The third-order valence-corrected chi connectivity index (χ3v) is 9.44. The van der Waals surface area contributed by atoms with E-state index in [1.807, 2.05) is 25.2 Å². The molecule has 5 aromatic rings. The summed E-state index contributed by atoms with van der Waals surface area (Å²) in [6.07, 6.45) is 4.40. The Bertz CT molecular complexity index is 1970. The van der Waals surface area contributed by atoms with E-state index in [1.54, 1.807) is 23.0 Å². The van der Waals surface area contributed by atoms with Crippen molar-refractivity contribution in [3.63, 3.8) is 0 Å². The fourth-order valence-corrected chi connectivity index (χ4v) is 6.95. The number of sulfone groups is 1. The van der Waals surface area contributed by atoms with E-state index in [1.165, 1.54) is 25.5 Å². The molecule has 9 nitrogen and oxygen atoms in total. The average molecular weight is 599 g/mol. The second-order valence-electron chi connectivity index (χ2n) is 12.3. The Hall–Kier alpha value is -3.64. The zero-order valence-corrected chi connectivity index (χ0v) is 26.1. The third kappa shape index (κ3) is 5.14. The third-order valence-electron chi connectivity index (χ3n) is 8.35. The highest BCUT2D eigenvalue weighted by Crippen LogP contribution is 2.45. The normalized spacial score (nSPS) is 15.7. The van der Waals surface area contributed by atoms with Gasteiger partial charge in [0, 0.05) is 43.8 Å². The van der Waals surface area contributed by atoms with E-state index in [2.05, 4.69) is 38.4 Å². The maximum atomic E-state index is 15.7. The van der Waals surface area contributed by atoms with Crippen LogP contribution in [0.4, 0.5) is 4.39 Å². The number of nitrogens with zero attached hydrogens (tertiary/aromatic N) is 5. The number of aryl methyl sites for hydroxylation is 1. The van der Waals surface area contributed by atoms with E-state index >= 15 is 4.39 Å². The van der Waals surface area contributed by atoms with E-state index in [-0.39, 0.29) is 21.7 Å². The van der Waals surface area contributed by atoms with Crippen molar-refractivity contribution in [2.75, 3.05) is 26.6 Å². The van der Waals surface area contributed by atoms with Gasteiger partial charge in [0.15, 0.2) is 9.84 Å². The van der Waals surface area contributed by atoms with Crippen molar-refractivity contribution in [2.45, 2.75) is 28.9 Å². The summed E-state index contributed by atoms with van der Waals surface area (Å²) in [5.74, 6) is 0.0819. The van der Waals surface area contributed by atoms with Crippen LogP contribution in [0.5, 0.6) is 5.75 Å². The lowest BCUT2D eigenvalue weighted by molar-refractivity contribution is 0.0548. The van der Waals surface area contributed by atoms with Gasteiger partial charge in [-0.1, -0.05) is 28.5 Å². The molecular formula is C29H33B3FN5O4S. The minimum absolute atomic E-state index is 0.0181. The van der Waals surface area contributed by atoms with Crippen molar-refractivity contribution >= 4 is 55.3 Å². The van der Waals surface area contributed by atoms with Gasteiger partial charge in [0.1, 0.15) is 11.6 Å². The number of halogens is 1. The maximum absolute atomic E-state index is 15.7. The molecule has 0 aliphatic carbocycles. The number of rotatable bonds is 7. The number of benzene rings is 2. The Morgan fingerprint density at radius 2 is 1.84 bits per heavy atom. The summed E-state index contributed by atoms with van der Waals surface area (Å²) in [6, 6.07) is 11.6. The van der Waals surface area contributed by atoms with E-state index in [9.17, 15) is 8.42 Å². The monoisotopic (exact) mass is 599 g/mol. The summed E-state index contributed by atoms with van der Waals surface area (Å²) >= 11 is 0. The van der Waals surface area contributed by atoms with Crippen LogP contribution in [0.3, 0.4) is 0 Å². The van der Waals surface area contributed by atoms with Gasteiger partial charge < -0.3 is 14.0 Å². The predicted molar refractivity (Wildman–Crippen MR) is 172 cm³/mol. The molecular weight excluding hydrogens is 566 g/mol. The minimum atomic E-state index is -3.60. The zero-order chi connectivity index (χ0) is 30.7. The van der Waals surface area contributed by atoms with Crippen molar-refractivity contribution < 1.29 is 22.3 Å². The number of aromatic nitrogens is 5. The lowest BCUT2D eigenvalue weighted by Crippen LogP contribution is -2.28. The van der Waals surface area contributed by atoms with Crippen LogP contribution in [-0.2, 0) is 26.7 Å². The van der Waals surface area contributed by atoms with Gasteiger partial charge in [0.05, 0.1) is 74.9 Å². The van der Waals surface area contributed by atoms with Crippen molar-refractivity contribution in [3.05, 3.63) is 65.7 Å². The maximum Gasteiger partial charge on any atom is 0.175 e. The first-order chi connectivity index (χ1) is 20.4. The van der Waals surface area contributed by atoms with E-state index < -0.39 is 15.9 Å². The average Bonchev–Trinajstić information content (AvgIpc) is 3.52. The Kier molecular flexibility index (Phi) is 7.41. The number of ether oxygens (including phenoxy) is 2. The number of pyridine rings is 1. The molecule has 1 aliphatic heterocycles. The van der Waals surface area contributed by atoms with Crippen LogP contribution < -0.4 is 4.74 Å². The van der Waals surface area contributed by atoms with Gasteiger partial charge in [-0.05, 0) is 43.0 Å². The van der Waals surface area contributed by atoms with Crippen molar-refractivity contribution in [2.24, 2.45) is 13.0 Å². The summed E-state index contributed by atoms with van der Waals surface area (Å²) in [5, 5.41) is 9.18. The molecule has 1 saturated heterocycles. The Morgan fingerprint density at radius 3 is 2.49 bits per heavy atom. The van der Waals surface area contributed by atoms with E-state index in [0.717, 1.165) is 35.3 Å². The molecule has 0 spiro atoms. The molecule has 0 radical (unpaired) electrons. The molecule has 4 heterocycles. The van der Waals surface area contributed by atoms with Gasteiger partial charge in [-0.25, -0.2) is 17.5 Å². The smallest absolute Gasteiger partial charge is 0.175 e. The summed E-state index contributed by atoms with van der Waals surface area (Å²) in [7, 11) is 6.01. The Labute approximate surface area is 252 Å². The molecule has 0 amide bonds. The standard InChI is InChI=1S/C29H33B3FN5O4S/c1-37-27(28(35-36-37)29(30,31)32)17-12-22-25(34-15-17)24-21(13-18(43(3,39)40)14-23(24)41-2)38(22)26(16-8-10-42-11-9-16)19-6-4-5-7-20(19)33/h4-7,12-16,26H,8-11,30-32H2,1-3H3/t26-/m0/s1. The first-order valence-corrected chi connectivity index (χ1v) is 16.2. The lowest BCUT2D eigenvalue weighted by Gasteiger charge is -2.33. The molecule has 1 atom stereocenters. The van der Waals surface area contributed by atoms with Crippen molar-refractivity contribution in [1.82, 2.24) is 24.5 Å². The van der Waals surface area contributed by atoms with Crippen LogP contribution >= 0.6 is 0 Å². The predicted octanol–water partition coefficient (Wildman–Crippen LogP) is 1.56. The highest BCUT2D eigenvalue weighted by molar-refractivity contribution is 7.90. The first kappa shape index (κ1) is 29.4. The second kappa shape index (κ2) is 10.8. The molecule has 14 heteroatoms. The van der Waals surface area contributed by atoms with Crippen LogP contribution in [0.25, 0.3) is 33.2 Å². The molecule has 0 unspecified atom stereocenters. The van der Waals surface area contributed by atoms with Gasteiger partial charge in [-0.15, -0.1) is 5.10 Å². The second-order valence-corrected chi connectivity index (χ2v) is 14.3. The molecule has 43 heavy (non-hydrogen) atoms. The van der Waals surface area contributed by atoms with Gasteiger partial charge >= 0.3 is 0 Å². The molecule has 1 aliphatic rings. The zero-order valence-electron chi connectivity index (χ0n) is 25.3. The van der Waals surface area contributed by atoms with Crippen LogP contribution in [0.15, 0.2) is 53.6 Å². The quantitative estimate of drug-likeness (QED) is 0.262. The molecule has 0 saturated carbocycles. The number of methoxy groups -OCH3 is 1. The van der Waals surface area contributed by atoms with Crippen molar-refractivity contribution in [3.8, 4) is 17.0 Å². The molecule has 6 rings (SSSR count). The van der Waals surface area contributed by atoms with Gasteiger partial charge in [-0.2, -0.15) is 0 Å². The summed E-state index contributed by atoms with van der Waals surface area (Å²) < 4.78 is 56.8. The molecule has 0 bridgehead atoms. The number of fused-ring (bicyclic) bond motifs is 3.